The second-order valence-corrected chi connectivity index (χ2v) is 3.79. The maximum atomic E-state index is 9.69. The summed E-state index contributed by atoms with van der Waals surface area (Å²) in [6.07, 6.45) is 0. The largest absolute Gasteiger partial charge is 0.507 e. The fraction of sp³-hybridized carbons (Fsp3) is 0. The number of hydrogen-bond donors (Lipinski definition) is 1. The number of halogens is 1. The monoisotopic (exact) mass is 229 g/mol. The maximum Gasteiger partial charge on any atom is 0.123 e. The van der Waals surface area contributed by atoms with E-state index in [9.17, 15) is 5.11 Å². The zero-order valence-corrected chi connectivity index (χ0v) is 9.07. The Labute approximate surface area is 98.3 Å². The number of rotatable bonds is 1. The zero-order chi connectivity index (χ0) is 11.5. The van der Waals surface area contributed by atoms with Gasteiger partial charge in [0.25, 0.3) is 0 Å². The van der Waals surface area contributed by atoms with E-state index >= 15 is 0 Å². The molecule has 0 radical (unpaired) electrons. The van der Waals surface area contributed by atoms with Gasteiger partial charge >= 0.3 is 0 Å². The van der Waals surface area contributed by atoms with E-state index in [0.29, 0.717) is 16.1 Å². The fourth-order valence-corrected chi connectivity index (χ4v) is 1.64. The van der Waals surface area contributed by atoms with Crippen LogP contribution in [0, 0.1) is 11.3 Å². The second kappa shape index (κ2) is 4.26. The van der Waals surface area contributed by atoms with E-state index in [1.165, 1.54) is 0 Å². The number of aromatic hydroxyl groups is 1. The van der Waals surface area contributed by atoms with Crippen molar-refractivity contribution in [1.29, 1.82) is 5.26 Å². The highest BCUT2D eigenvalue weighted by molar-refractivity contribution is 6.31. The molecule has 2 nitrogen and oxygen atoms in total. The molecule has 2 aromatic rings. The normalized spacial score (nSPS) is 9.75. The summed E-state index contributed by atoms with van der Waals surface area (Å²) in [5.41, 5.74) is 2.08. The molecule has 0 bridgehead atoms. The number of hydrogen-bond acceptors (Lipinski definition) is 2. The highest BCUT2D eigenvalue weighted by atomic mass is 35.5. The third kappa shape index (κ3) is 2.00. The van der Waals surface area contributed by atoms with Crippen LogP contribution in [-0.2, 0) is 0 Å². The number of phenolic OH excluding ortho intramolecular Hbond substituents is 1. The van der Waals surface area contributed by atoms with Gasteiger partial charge in [-0.2, -0.15) is 5.26 Å². The third-order valence-corrected chi connectivity index (χ3v) is 2.52. The average molecular weight is 230 g/mol. The van der Waals surface area contributed by atoms with Crippen molar-refractivity contribution in [2.45, 2.75) is 0 Å². The summed E-state index contributed by atoms with van der Waals surface area (Å²) < 4.78 is 0. The fourth-order valence-electron chi connectivity index (χ4n) is 1.46. The molecule has 0 atom stereocenters. The molecule has 0 aromatic heterocycles. The molecule has 0 aliphatic heterocycles. The van der Waals surface area contributed by atoms with Gasteiger partial charge in [0.2, 0.25) is 0 Å². The van der Waals surface area contributed by atoms with Gasteiger partial charge in [0.15, 0.2) is 0 Å². The minimum absolute atomic E-state index is 0.175. The van der Waals surface area contributed by atoms with E-state index in [4.69, 9.17) is 16.9 Å². The van der Waals surface area contributed by atoms with Gasteiger partial charge in [-0.25, -0.2) is 0 Å². The van der Waals surface area contributed by atoms with E-state index in [1.807, 2.05) is 6.07 Å². The number of phenols is 1. The molecule has 0 aliphatic carbocycles. The first-order chi connectivity index (χ1) is 7.70. The first kappa shape index (κ1) is 10.5. The lowest BCUT2D eigenvalue weighted by Crippen LogP contribution is -1.80. The van der Waals surface area contributed by atoms with Crippen molar-refractivity contribution in [2.75, 3.05) is 0 Å². The van der Waals surface area contributed by atoms with E-state index in [-0.39, 0.29) is 5.75 Å². The smallest absolute Gasteiger partial charge is 0.123 e. The Morgan fingerprint density at radius 2 is 1.75 bits per heavy atom. The predicted octanol–water partition coefficient (Wildman–Crippen LogP) is 3.58. The van der Waals surface area contributed by atoms with Gasteiger partial charge in [-0.3, -0.25) is 0 Å². The Bertz CT molecular complexity index is 555. The molecule has 78 valence electrons. The van der Waals surface area contributed by atoms with Crippen LogP contribution in [0.15, 0.2) is 42.5 Å². The summed E-state index contributed by atoms with van der Waals surface area (Å²) in [5, 5.41) is 18.9. The lowest BCUT2D eigenvalue weighted by molar-refractivity contribution is 0.477. The molecule has 0 saturated heterocycles. The molecule has 1 N–H and O–H groups in total. The molecule has 0 saturated carbocycles. The van der Waals surface area contributed by atoms with Gasteiger partial charge in [-0.15, -0.1) is 0 Å². The minimum atomic E-state index is 0.175. The molecule has 0 fully saturated rings. The molecule has 2 aromatic carbocycles. The van der Waals surface area contributed by atoms with Gasteiger partial charge in [0.1, 0.15) is 5.75 Å². The van der Waals surface area contributed by atoms with Crippen LogP contribution in [0.4, 0.5) is 0 Å². The molecule has 0 spiro atoms. The molecule has 0 heterocycles. The average Bonchev–Trinajstić information content (AvgIpc) is 2.32. The SMILES string of the molecule is N#Cc1ccc(-c2cc(Cl)ccc2O)cc1. The van der Waals surface area contributed by atoms with Crippen molar-refractivity contribution in [3.63, 3.8) is 0 Å². The van der Waals surface area contributed by atoms with Crippen LogP contribution >= 0.6 is 11.6 Å². The Kier molecular flexibility index (Phi) is 2.80. The van der Waals surface area contributed by atoms with Gasteiger partial charge in [-0.1, -0.05) is 23.7 Å². The summed E-state index contributed by atoms with van der Waals surface area (Å²) >= 11 is 5.86. The van der Waals surface area contributed by atoms with E-state index < -0.39 is 0 Å². The van der Waals surface area contributed by atoms with Crippen molar-refractivity contribution in [1.82, 2.24) is 0 Å². The van der Waals surface area contributed by atoms with E-state index in [0.717, 1.165) is 5.56 Å². The summed E-state index contributed by atoms with van der Waals surface area (Å²) in [5.74, 6) is 0.175. The Hall–Kier alpha value is -1.98. The summed E-state index contributed by atoms with van der Waals surface area (Å²) in [6.45, 7) is 0. The summed E-state index contributed by atoms with van der Waals surface area (Å²) in [4.78, 5) is 0. The van der Waals surface area contributed by atoms with Crippen LogP contribution in [0.1, 0.15) is 5.56 Å². The standard InChI is InChI=1S/C13H8ClNO/c14-11-5-6-13(16)12(7-11)10-3-1-9(8-15)2-4-10/h1-7,16H. The minimum Gasteiger partial charge on any atom is -0.507 e. The van der Waals surface area contributed by atoms with Crippen LogP contribution in [0.2, 0.25) is 5.02 Å². The first-order valence-corrected chi connectivity index (χ1v) is 5.07. The lowest BCUT2D eigenvalue weighted by atomic mass is 10.0. The summed E-state index contributed by atoms with van der Waals surface area (Å²) in [7, 11) is 0. The number of nitriles is 1. The Morgan fingerprint density at radius 3 is 2.38 bits per heavy atom. The molecule has 0 unspecified atom stereocenters. The molecule has 16 heavy (non-hydrogen) atoms. The van der Waals surface area contributed by atoms with E-state index in [2.05, 4.69) is 0 Å². The highest BCUT2D eigenvalue weighted by Gasteiger charge is 2.04. The second-order valence-electron chi connectivity index (χ2n) is 3.35. The molecule has 0 amide bonds. The first-order valence-electron chi connectivity index (χ1n) is 4.70. The maximum absolute atomic E-state index is 9.69. The predicted molar refractivity (Wildman–Crippen MR) is 63.3 cm³/mol. The van der Waals surface area contributed by atoms with Gasteiger partial charge in [-0.05, 0) is 35.9 Å². The molecule has 2 rings (SSSR count). The highest BCUT2D eigenvalue weighted by Crippen LogP contribution is 2.31. The van der Waals surface area contributed by atoms with Crippen LogP contribution < -0.4 is 0 Å². The quantitative estimate of drug-likeness (QED) is 0.812. The van der Waals surface area contributed by atoms with Crippen LogP contribution in [0.25, 0.3) is 11.1 Å². The lowest BCUT2D eigenvalue weighted by Gasteiger charge is -2.05. The van der Waals surface area contributed by atoms with E-state index in [1.54, 1.807) is 42.5 Å². The van der Waals surface area contributed by atoms with Crippen LogP contribution in [-0.4, -0.2) is 5.11 Å². The third-order valence-electron chi connectivity index (χ3n) is 2.28. The van der Waals surface area contributed by atoms with Crippen LogP contribution in [0.5, 0.6) is 5.75 Å². The molecule has 3 heteroatoms. The topological polar surface area (TPSA) is 44.0 Å². The molecular formula is C13H8ClNO. The molecular weight excluding hydrogens is 222 g/mol. The van der Waals surface area contributed by atoms with Crippen molar-refractivity contribution >= 4 is 11.6 Å². The zero-order valence-electron chi connectivity index (χ0n) is 8.31. The summed E-state index contributed by atoms with van der Waals surface area (Å²) in [6, 6.07) is 13.9. The Morgan fingerprint density at radius 1 is 1.06 bits per heavy atom. The van der Waals surface area contributed by atoms with Gasteiger partial charge in [0.05, 0.1) is 11.6 Å². The number of benzene rings is 2. The van der Waals surface area contributed by atoms with Gasteiger partial charge < -0.3 is 5.11 Å². The Balaban J connectivity index is 2.50. The molecule has 0 aliphatic rings. The van der Waals surface area contributed by atoms with Crippen LogP contribution in [0.3, 0.4) is 0 Å². The van der Waals surface area contributed by atoms with Crippen molar-refractivity contribution in [3.05, 3.63) is 53.1 Å². The van der Waals surface area contributed by atoms with Crippen molar-refractivity contribution in [3.8, 4) is 22.9 Å². The van der Waals surface area contributed by atoms with Crippen molar-refractivity contribution < 1.29 is 5.11 Å². The number of nitrogens with zero attached hydrogens (tertiary/aromatic N) is 1. The van der Waals surface area contributed by atoms with Crippen molar-refractivity contribution in [2.24, 2.45) is 0 Å². The van der Waals surface area contributed by atoms with Gasteiger partial charge in [0, 0.05) is 10.6 Å².